The predicted molar refractivity (Wildman–Crippen MR) is 71.9 cm³/mol. The van der Waals surface area contributed by atoms with E-state index < -0.39 is 0 Å². The number of likely N-dealkylation sites (N-methyl/N-ethyl adjacent to an activating group) is 1. The summed E-state index contributed by atoms with van der Waals surface area (Å²) in [7, 11) is 1.74. The number of nitrogens with one attached hydrogen (secondary N) is 1. The lowest BCUT2D eigenvalue weighted by Crippen LogP contribution is -2.50. The van der Waals surface area contributed by atoms with E-state index in [-0.39, 0.29) is 18.4 Å². The quantitative estimate of drug-likeness (QED) is 0.858. The van der Waals surface area contributed by atoms with Crippen LogP contribution in [-0.2, 0) is 4.79 Å². The van der Waals surface area contributed by atoms with Gasteiger partial charge >= 0.3 is 0 Å². The van der Waals surface area contributed by atoms with Crippen molar-refractivity contribution in [1.29, 1.82) is 0 Å². The largest absolute Gasteiger partial charge is 0.384 e. The van der Waals surface area contributed by atoms with Crippen LogP contribution < -0.4 is 5.32 Å². The fourth-order valence-electron chi connectivity index (χ4n) is 1.92. The predicted octanol–water partition coefficient (Wildman–Crippen LogP) is 0.428. The molecule has 1 N–H and O–H groups in total. The Morgan fingerprint density at radius 3 is 2.79 bits per heavy atom. The number of carbonyl (C=O) groups is 2. The van der Waals surface area contributed by atoms with Crippen LogP contribution in [0.15, 0.2) is 18.3 Å². The summed E-state index contributed by atoms with van der Waals surface area (Å²) in [5.74, 6) is -0.228. The molecule has 1 aromatic heterocycles. The molecule has 2 heterocycles. The fourth-order valence-corrected chi connectivity index (χ4v) is 1.92. The molecular formula is C13H18N4O2. The van der Waals surface area contributed by atoms with E-state index in [1.165, 1.54) is 4.90 Å². The molecule has 1 saturated heterocycles. The normalized spacial score (nSPS) is 15.6. The molecule has 1 aliphatic heterocycles. The van der Waals surface area contributed by atoms with Gasteiger partial charge in [0, 0.05) is 26.7 Å². The maximum Gasteiger partial charge on any atom is 0.272 e. The average Bonchev–Trinajstić information content (AvgIpc) is 2.42. The Kier molecular flexibility index (Phi) is 3.99. The number of hydrogen-bond acceptors (Lipinski definition) is 4. The van der Waals surface area contributed by atoms with Gasteiger partial charge in [-0.1, -0.05) is 0 Å². The minimum Gasteiger partial charge on any atom is -0.384 e. The Hall–Kier alpha value is -2.11. The number of aromatic nitrogens is 1. The Labute approximate surface area is 112 Å². The smallest absolute Gasteiger partial charge is 0.272 e. The van der Waals surface area contributed by atoms with Gasteiger partial charge in [-0.15, -0.1) is 0 Å². The topological polar surface area (TPSA) is 65.5 Å². The van der Waals surface area contributed by atoms with Crippen molar-refractivity contribution in [3.8, 4) is 0 Å². The number of anilines is 1. The Balaban J connectivity index is 2.05. The third-order valence-corrected chi connectivity index (χ3v) is 3.11. The van der Waals surface area contributed by atoms with Gasteiger partial charge in [-0.3, -0.25) is 9.59 Å². The van der Waals surface area contributed by atoms with Gasteiger partial charge in [0.2, 0.25) is 5.91 Å². The highest BCUT2D eigenvalue weighted by atomic mass is 16.2. The lowest BCUT2D eigenvalue weighted by molar-refractivity contribution is -0.133. The number of rotatable bonds is 3. The van der Waals surface area contributed by atoms with Gasteiger partial charge in [-0.05, 0) is 19.1 Å². The van der Waals surface area contributed by atoms with Crippen molar-refractivity contribution in [2.75, 3.05) is 38.5 Å². The lowest BCUT2D eigenvalue weighted by atomic mass is 10.2. The van der Waals surface area contributed by atoms with E-state index in [9.17, 15) is 9.59 Å². The minimum absolute atomic E-state index is 0.0381. The molecule has 1 aliphatic rings. The first kappa shape index (κ1) is 13.3. The van der Waals surface area contributed by atoms with Crippen molar-refractivity contribution < 1.29 is 9.59 Å². The number of pyridine rings is 1. The van der Waals surface area contributed by atoms with E-state index in [4.69, 9.17) is 0 Å². The summed E-state index contributed by atoms with van der Waals surface area (Å²) in [6.07, 6.45) is 1.63. The summed E-state index contributed by atoms with van der Waals surface area (Å²) in [6, 6.07) is 3.50. The maximum absolute atomic E-state index is 12.2. The van der Waals surface area contributed by atoms with Crippen LogP contribution in [0.3, 0.4) is 0 Å². The highest BCUT2D eigenvalue weighted by Gasteiger charge is 2.26. The average molecular weight is 262 g/mol. The van der Waals surface area contributed by atoms with Crippen LogP contribution in [0, 0.1) is 0 Å². The molecular weight excluding hydrogens is 244 g/mol. The van der Waals surface area contributed by atoms with Gasteiger partial charge in [0.25, 0.3) is 5.91 Å². The van der Waals surface area contributed by atoms with E-state index in [1.807, 2.05) is 13.0 Å². The van der Waals surface area contributed by atoms with E-state index in [0.29, 0.717) is 18.8 Å². The van der Waals surface area contributed by atoms with Crippen LogP contribution in [0.4, 0.5) is 5.69 Å². The molecule has 0 unspecified atom stereocenters. The number of carbonyl (C=O) groups excluding carboxylic acids is 2. The van der Waals surface area contributed by atoms with Crippen LogP contribution in [0.5, 0.6) is 0 Å². The SMILES string of the molecule is CCNc1ccc(C(=O)N2CCN(C)C(=O)C2)nc1. The summed E-state index contributed by atoms with van der Waals surface area (Å²) < 4.78 is 0. The second-order valence-electron chi connectivity index (χ2n) is 4.50. The van der Waals surface area contributed by atoms with Gasteiger partial charge < -0.3 is 15.1 Å². The summed E-state index contributed by atoms with van der Waals surface area (Å²) in [6.45, 7) is 4.06. The monoisotopic (exact) mass is 262 g/mol. The Morgan fingerprint density at radius 1 is 1.42 bits per heavy atom. The highest BCUT2D eigenvalue weighted by Crippen LogP contribution is 2.10. The van der Waals surface area contributed by atoms with Crippen molar-refractivity contribution in [3.63, 3.8) is 0 Å². The molecule has 102 valence electrons. The summed E-state index contributed by atoms with van der Waals surface area (Å²) >= 11 is 0. The maximum atomic E-state index is 12.2. The van der Waals surface area contributed by atoms with Gasteiger partial charge in [0.15, 0.2) is 0 Å². The van der Waals surface area contributed by atoms with Crippen molar-refractivity contribution in [1.82, 2.24) is 14.8 Å². The van der Waals surface area contributed by atoms with E-state index in [1.54, 1.807) is 24.2 Å². The highest BCUT2D eigenvalue weighted by molar-refractivity contribution is 5.95. The molecule has 2 amide bonds. The van der Waals surface area contributed by atoms with Crippen LogP contribution >= 0.6 is 0 Å². The van der Waals surface area contributed by atoms with E-state index in [2.05, 4.69) is 10.3 Å². The molecule has 6 nitrogen and oxygen atoms in total. The molecule has 0 aliphatic carbocycles. The first-order chi connectivity index (χ1) is 9.11. The van der Waals surface area contributed by atoms with E-state index in [0.717, 1.165) is 12.2 Å². The summed E-state index contributed by atoms with van der Waals surface area (Å²) in [4.78, 5) is 31.1. The van der Waals surface area contributed by atoms with Crippen molar-refractivity contribution in [3.05, 3.63) is 24.0 Å². The third-order valence-electron chi connectivity index (χ3n) is 3.11. The van der Waals surface area contributed by atoms with Crippen LogP contribution in [-0.4, -0.2) is 59.8 Å². The molecule has 0 saturated carbocycles. The number of piperazine rings is 1. The summed E-state index contributed by atoms with van der Waals surface area (Å²) in [5, 5.41) is 3.12. The molecule has 1 aromatic rings. The minimum atomic E-state index is -0.190. The molecule has 1 fully saturated rings. The van der Waals surface area contributed by atoms with E-state index >= 15 is 0 Å². The second-order valence-corrected chi connectivity index (χ2v) is 4.50. The standard InChI is InChI=1S/C13H18N4O2/c1-3-14-10-4-5-11(15-8-10)13(19)17-7-6-16(2)12(18)9-17/h4-5,8,14H,3,6-7,9H2,1-2H3. The van der Waals surface area contributed by atoms with Crippen LogP contribution in [0.25, 0.3) is 0 Å². The number of amides is 2. The molecule has 6 heteroatoms. The van der Waals surface area contributed by atoms with Crippen molar-refractivity contribution >= 4 is 17.5 Å². The van der Waals surface area contributed by atoms with Crippen molar-refractivity contribution in [2.45, 2.75) is 6.92 Å². The Morgan fingerprint density at radius 2 is 2.21 bits per heavy atom. The summed E-state index contributed by atoms with van der Waals surface area (Å²) in [5.41, 5.74) is 1.26. The molecule has 19 heavy (non-hydrogen) atoms. The number of nitrogens with zero attached hydrogens (tertiary/aromatic N) is 3. The lowest BCUT2D eigenvalue weighted by Gasteiger charge is -2.31. The van der Waals surface area contributed by atoms with Gasteiger partial charge in [-0.25, -0.2) is 4.98 Å². The molecule has 2 rings (SSSR count). The zero-order chi connectivity index (χ0) is 13.8. The first-order valence-electron chi connectivity index (χ1n) is 6.35. The molecule has 0 spiro atoms. The molecule has 0 radical (unpaired) electrons. The van der Waals surface area contributed by atoms with Gasteiger partial charge in [0.1, 0.15) is 12.2 Å². The zero-order valence-electron chi connectivity index (χ0n) is 11.2. The van der Waals surface area contributed by atoms with Gasteiger partial charge in [0.05, 0.1) is 11.9 Å². The third kappa shape index (κ3) is 3.01. The van der Waals surface area contributed by atoms with Crippen LogP contribution in [0.1, 0.15) is 17.4 Å². The first-order valence-corrected chi connectivity index (χ1v) is 6.35. The molecule has 0 atom stereocenters. The second kappa shape index (κ2) is 5.69. The van der Waals surface area contributed by atoms with Crippen molar-refractivity contribution in [2.24, 2.45) is 0 Å². The zero-order valence-corrected chi connectivity index (χ0v) is 11.2. The van der Waals surface area contributed by atoms with Gasteiger partial charge in [-0.2, -0.15) is 0 Å². The molecule has 0 aromatic carbocycles. The van der Waals surface area contributed by atoms with Crippen LogP contribution in [0.2, 0.25) is 0 Å². The fraction of sp³-hybridized carbons (Fsp3) is 0.462. The molecule has 0 bridgehead atoms. The Bertz CT molecular complexity index is 472. The number of hydrogen-bond donors (Lipinski definition) is 1.